The van der Waals surface area contributed by atoms with Gasteiger partial charge in [0.2, 0.25) is 10.0 Å². The molecule has 0 unspecified atom stereocenters. The molecule has 2 heterocycles. The van der Waals surface area contributed by atoms with Crippen LogP contribution in [0.2, 0.25) is 0 Å². The van der Waals surface area contributed by atoms with Crippen molar-refractivity contribution in [2.75, 3.05) is 25.0 Å². The molecule has 1 aliphatic rings. The Morgan fingerprint density at radius 2 is 1.85 bits per heavy atom. The Morgan fingerprint density at radius 1 is 1.09 bits per heavy atom. The van der Waals surface area contributed by atoms with Gasteiger partial charge in [-0.1, -0.05) is 24.3 Å². The second-order valence-electron chi connectivity index (χ2n) is 8.36. The number of carbonyl (C=O) groups is 1. The molecule has 0 radical (unpaired) electrons. The predicted octanol–water partition coefficient (Wildman–Crippen LogP) is 3.94. The van der Waals surface area contributed by atoms with E-state index in [2.05, 4.69) is 15.7 Å². The first-order valence-electron chi connectivity index (χ1n) is 11.1. The van der Waals surface area contributed by atoms with Gasteiger partial charge in [-0.05, 0) is 61.2 Å². The number of para-hydroxylation sites is 1. The van der Waals surface area contributed by atoms with E-state index in [1.807, 2.05) is 25.1 Å². The van der Waals surface area contributed by atoms with Crippen molar-refractivity contribution in [3.8, 4) is 0 Å². The van der Waals surface area contributed by atoms with E-state index in [-0.39, 0.29) is 17.3 Å². The number of amides is 1. The Morgan fingerprint density at radius 3 is 2.58 bits per heavy atom. The third-order valence-corrected chi connectivity index (χ3v) is 7.36. The quantitative estimate of drug-likeness (QED) is 0.543. The first kappa shape index (κ1) is 23.1. The summed E-state index contributed by atoms with van der Waals surface area (Å²) in [5.41, 5.74) is 3.34. The van der Waals surface area contributed by atoms with E-state index in [0.29, 0.717) is 17.9 Å². The number of carbonyl (C=O) groups excluding carboxylic acids is 1. The van der Waals surface area contributed by atoms with E-state index < -0.39 is 10.0 Å². The molecule has 1 saturated heterocycles. The molecular formula is C25H29N3O4S. The monoisotopic (exact) mass is 467 g/mol. The summed E-state index contributed by atoms with van der Waals surface area (Å²) >= 11 is 0. The fourth-order valence-corrected chi connectivity index (χ4v) is 5.12. The van der Waals surface area contributed by atoms with Gasteiger partial charge in [0.05, 0.1) is 17.7 Å². The number of aryl methyl sites for hydroxylation is 1. The SMILES string of the molecule is Cc1ccc(S(=O)(=O)NCc2ccco2)cc1C(=O)N(C)Cc1ccccc1N1CCCC1. The molecular weight excluding hydrogens is 438 g/mol. The molecule has 0 bridgehead atoms. The third-order valence-electron chi connectivity index (χ3n) is 5.96. The first-order valence-corrected chi connectivity index (χ1v) is 12.5. The van der Waals surface area contributed by atoms with E-state index in [1.165, 1.54) is 31.2 Å². The van der Waals surface area contributed by atoms with Gasteiger partial charge < -0.3 is 14.2 Å². The number of nitrogens with zero attached hydrogens (tertiary/aromatic N) is 2. The molecule has 174 valence electrons. The van der Waals surface area contributed by atoms with E-state index in [0.717, 1.165) is 29.9 Å². The van der Waals surface area contributed by atoms with Crippen molar-refractivity contribution in [1.29, 1.82) is 0 Å². The predicted molar refractivity (Wildman–Crippen MR) is 128 cm³/mol. The summed E-state index contributed by atoms with van der Waals surface area (Å²) in [6, 6.07) is 16.2. The summed E-state index contributed by atoms with van der Waals surface area (Å²) in [7, 11) is -2.05. The molecule has 2 aromatic carbocycles. The van der Waals surface area contributed by atoms with Crippen LogP contribution in [0.15, 0.2) is 70.2 Å². The summed E-state index contributed by atoms with van der Waals surface area (Å²) in [4.78, 5) is 17.4. The molecule has 8 heteroatoms. The number of nitrogens with one attached hydrogen (secondary N) is 1. The average Bonchev–Trinajstić information content (AvgIpc) is 3.52. The largest absolute Gasteiger partial charge is 0.468 e. The van der Waals surface area contributed by atoms with E-state index in [4.69, 9.17) is 4.42 Å². The van der Waals surface area contributed by atoms with E-state index in [9.17, 15) is 13.2 Å². The first-order chi connectivity index (χ1) is 15.8. The minimum Gasteiger partial charge on any atom is -0.468 e. The molecule has 1 amide bonds. The summed E-state index contributed by atoms with van der Waals surface area (Å²) in [6.07, 6.45) is 3.85. The summed E-state index contributed by atoms with van der Waals surface area (Å²) in [6.45, 7) is 4.35. The van der Waals surface area contributed by atoms with Crippen molar-refractivity contribution in [3.05, 3.63) is 83.3 Å². The topological polar surface area (TPSA) is 82.9 Å². The van der Waals surface area contributed by atoms with Crippen molar-refractivity contribution in [3.63, 3.8) is 0 Å². The van der Waals surface area contributed by atoms with Crippen molar-refractivity contribution in [1.82, 2.24) is 9.62 Å². The Balaban J connectivity index is 1.52. The maximum absolute atomic E-state index is 13.3. The lowest BCUT2D eigenvalue weighted by molar-refractivity contribution is 0.0784. The summed E-state index contributed by atoms with van der Waals surface area (Å²) in [5, 5.41) is 0. The normalized spacial score (nSPS) is 13.9. The number of sulfonamides is 1. The van der Waals surface area contributed by atoms with Gasteiger partial charge in [0.25, 0.3) is 5.91 Å². The summed E-state index contributed by atoms with van der Waals surface area (Å²) < 4.78 is 33.3. The number of hydrogen-bond acceptors (Lipinski definition) is 5. The molecule has 0 aliphatic carbocycles. The molecule has 7 nitrogen and oxygen atoms in total. The van der Waals surface area contributed by atoms with Gasteiger partial charge >= 0.3 is 0 Å². The van der Waals surface area contributed by atoms with Crippen molar-refractivity contribution in [2.45, 2.75) is 37.8 Å². The molecule has 1 N–H and O–H groups in total. The van der Waals surface area contributed by atoms with Crippen LogP contribution < -0.4 is 9.62 Å². The fourth-order valence-electron chi connectivity index (χ4n) is 4.11. The van der Waals surface area contributed by atoms with Gasteiger partial charge in [-0.25, -0.2) is 13.1 Å². The Labute approximate surface area is 195 Å². The maximum atomic E-state index is 13.3. The van der Waals surface area contributed by atoms with Crippen LogP contribution in [0.3, 0.4) is 0 Å². The smallest absolute Gasteiger partial charge is 0.254 e. The Hall–Kier alpha value is -3.10. The number of benzene rings is 2. The fraction of sp³-hybridized carbons (Fsp3) is 0.320. The molecule has 33 heavy (non-hydrogen) atoms. The summed E-state index contributed by atoms with van der Waals surface area (Å²) in [5.74, 6) is 0.296. The van der Waals surface area contributed by atoms with Crippen molar-refractivity contribution < 1.29 is 17.6 Å². The van der Waals surface area contributed by atoms with Gasteiger partial charge in [-0.15, -0.1) is 0 Å². The standard InChI is InChI=1S/C25H29N3O4S/c1-19-11-12-22(33(30,31)26-17-21-9-7-15-32-21)16-23(19)25(29)27(2)18-20-8-3-4-10-24(20)28-13-5-6-14-28/h3-4,7-12,15-16,26H,5-6,13-14,17-18H2,1-2H3. The highest BCUT2D eigenvalue weighted by Crippen LogP contribution is 2.26. The molecule has 4 rings (SSSR count). The second kappa shape index (κ2) is 9.80. The lowest BCUT2D eigenvalue weighted by Crippen LogP contribution is -2.29. The number of rotatable bonds is 8. The van der Waals surface area contributed by atoms with Crippen LogP contribution in [0.4, 0.5) is 5.69 Å². The molecule has 1 aromatic heterocycles. The lowest BCUT2D eigenvalue weighted by Gasteiger charge is -2.25. The third kappa shape index (κ3) is 5.29. The minimum atomic E-state index is -3.80. The Kier molecular flexibility index (Phi) is 6.85. The van der Waals surface area contributed by atoms with Gasteiger partial charge in [-0.2, -0.15) is 0 Å². The van der Waals surface area contributed by atoms with Crippen LogP contribution in [-0.4, -0.2) is 39.4 Å². The van der Waals surface area contributed by atoms with Crippen molar-refractivity contribution >= 4 is 21.6 Å². The average molecular weight is 468 g/mol. The lowest BCUT2D eigenvalue weighted by atomic mass is 10.1. The van der Waals surface area contributed by atoms with Gasteiger partial charge in [0, 0.05) is 37.9 Å². The molecule has 0 atom stereocenters. The minimum absolute atomic E-state index is 0.0413. The number of hydrogen-bond donors (Lipinski definition) is 1. The van der Waals surface area contributed by atoms with Crippen LogP contribution in [0.1, 0.15) is 40.1 Å². The van der Waals surface area contributed by atoms with Gasteiger partial charge in [-0.3, -0.25) is 4.79 Å². The number of furan rings is 1. The van der Waals surface area contributed by atoms with Gasteiger partial charge in [0.15, 0.2) is 0 Å². The van der Waals surface area contributed by atoms with Crippen LogP contribution in [-0.2, 0) is 23.1 Å². The van der Waals surface area contributed by atoms with Crippen molar-refractivity contribution in [2.24, 2.45) is 0 Å². The van der Waals surface area contributed by atoms with Crippen LogP contribution in [0.5, 0.6) is 0 Å². The van der Waals surface area contributed by atoms with E-state index in [1.54, 1.807) is 30.1 Å². The highest BCUT2D eigenvalue weighted by molar-refractivity contribution is 7.89. The van der Waals surface area contributed by atoms with Crippen LogP contribution in [0, 0.1) is 6.92 Å². The molecule has 0 saturated carbocycles. The molecule has 1 aliphatic heterocycles. The van der Waals surface area contributed by atoms with Gasteiger partial charge in [0.1, 0.15) is 5.76 Å². The van der Waals surface area contributed by atoms with E-state index >= 15 is 0 Å². The zero-order valence-corrected chi connectivity index (χ0v) is 19.8. The maximum Gasteiger partial charge on any atom is 0.254 e. The molecule has 1 fully saturated rings. The Bertz CT molecular complexity index is 1220. The van der Waals surface area contributed by atoms with Crippen LogP contribution >= 0.6 is 0 Å². The zero-order valence-electron chi connectivity index (χ0n) is 19.0. The van der Waals surface area contributed by atoms with Crippen LogP contribution in [0.25, 0.3) is 0 Å². The second-order valence-corrected chi connectivity index (χ2v) is 10.1. The molecule has 3 aromatic rings. The zero-order chi connectivity index (χ0) is 23.4. The molecule has 0 spiro atoms. The number of anilines is 1. The highest BCUT2D eigenvalue weighted by atomic mass is 32.2. The highest BCUT2D eigenvalue weighted by Gasteiger charge is 2.22.